The monoisotopic (exact) mass is 316 g/mol. The lowest BCUT2D eigenvalue weighted by Crippen LogP contribution is -2.29. The molecule has 1 heterocycles. The largest absolute Gasteiger partial charge is 0.386 e. The first kappa shape index (κ1) is 15.6. The highest BCUT2D eigenvalue weighted by molar-refractivity contribution is 7.89. The molecule has 0 aliphatic rings. The molecule has 21 heavy (non-hydrogen) atoms. The van der Waals surface area contributed by atoms with E-state index in [1.165, 1.54) is 0 Å². The molecule has 0 saturated carbocycles. The Bertz CT molecular complexity index is 744. The summed E-state index contributed by atoms with van der Waals surface area (Å²) >= 11 is 0. The van der Waals surface area contributed by atoms with Crippen molar-refractivity contribution >= 4 is 10.0 Å². The molecule has 1 unspecified atom stereocenters. The third kappa shape index (κ3) is 3.46. The van der Waals surface area contributed by atoms with E-state index in [0.717, 1.165) is 12.1 Å². The number of rotatable bonds is 5. The van der Waals surface area contributed by atoms with E-state index < -0.39 is 32.7 Å². The number of aliphatic hydroxyl groups is 1. The molecule has 1 aromatic heterocycles. The van der Waals surface area contributed by atoms with Gasteiger partial charge in [-0.15, -0.1) is 0 Å². The van der Waals surface area contributed by atoms with Crippen molar-refractivity contribution in [1.29, 1.82) is 0 Å². The zero-order valence-electron chi connectivity index (χ0n) is 11.1. The molecule has 0 saturated heterocycles. The molecule has 2 aromatic rings. The van der Waals surface area contributed by atoms with Gasteiger partial charge < -0.3 is 9.67 Å². The first-order valence-corrected chi connectivity index (χ1v) is 7.53. The molecule has 0 aliphatic carbocycles. The average Bonchev–Trinajstić information content (AvgIpc) is 2.85. The molecule has 2 rings (SSSR count). The molecule has 0 fully saturated rings. The van der Waals surface area contributed by atoms with E-state index in [9.17, 15) is 22.3 Å². The molecule has 0 aliphatic heterocycles. The summed E-state index contributed by atoms with van der Waals surface area (Å²) in [5.41, 5.74) is 0.498. The predicted octanol–water partition coefficient (Wildman–Crippen LogP) is 1.32. The molecule has 114 valence electrons. The summed E-state index contributed by atoms with van der Waals surface area (Å²) < 4.78 is 54.1. The summed E-state index contributed by atoms with van der Waals surface area (Å²) in [7, 11) is -2.55. The first-order chi connectivity index (χ1) is 9.81. The number of sulfonamides is 1. The Labute approximate surface area is 120 Å². The standard InChI is InChI=1S/C13H14F2N2O3S/c1-17-6-2-3-11(17)12(18)8-16-21(19,20)13-7-9(14)4-5-10(13)15/h2-7,12,16,18H,8H2,1H3. The van der Waals surface area contributed by atoms with Gasteiger partial charge in [0.25, 0.3) is 0 Å². The summed E-state index contributed by atoms with van der Waals surface area (Å²) in [6.07, 6.45) is 0.593. The summed E-state index contributed by atoms with van der Waals surface area (Å²) in [5.74, 6) is -1.92. The van der Waals surface area contributed by atoms with E-state index in [1.807, 2.05) is 0 Å². The fourth-order valence-corrected chi connectivity index (χ4v) is 3.00. The number of aliphatic hydroxyl groups excluding tert-OH is 1. The van der Waals surface area contributed by atoms with Crippen molar-refractivity contribution in [3.05, 3.63) is 53.9 Å². The van der Waals surface area contributed by atoms with Crippen LogP contribution in [0.1, 0.15) is 11.8 Å². The number of aryl methyl sites for hydroxylation is 1. The van der Waals surface area contributed by atoms with Crippen LogP contribution in [0.15, 0.2) is 41.4 Å². The first-order valence-electron chi connectivity index (χ1n) is 6.05. The van der Waals surface area contributed by atoms with Gasteiger partial charge in [-0.05, 0) is 30.3 Å². The molecular formula is C13H14F2N2O3S. The van der Waals surface area contributed by atoms with Crippen LogP contribution in [0.4, 0.5) is 8.78 Å². The van der Waals surface area contributed by atoms with E-state index in [2.05, 4.69) is 4.72 Å². The van der Waals surface area contributed by atoms with Crippen molar-refractivity contribution in [3.8, 4) is 0 Å². The number of benzene rings is 1. The molecule has 0 bridgehead atoms. The van der Waals surface area contributed by atoms with Crippen molar-refractivity contribution in [2.75, 3.05) is 6.54 Å². The topological polar surface area (TPSA) is 71.3 Å². The smallest absolute Gasteiger partial charge is 0.243 e. The van der Waals surface area contributed by atoms with Crippen molar-refractivity contribution < 1.29 is 22.3 Å². The van der Waals surface area contributed by atoms with Crippen LogP contribution in [0.3, 0.4) is 0 Å². The molecule has 8 heteroatoms. The van der Waals surface area contributed by atoms with Crippen molar-refractivity contribution in [2.24, 2.45) is 7.05 Å². The maximum absolute atomic E-state index is 13.5. The molecule has 0 radical (unpaired) electrons. The normalized spacial score (nSPS) is 13.3. The third-order valence-corrected chi connectivity index (χ3v) is 4.41. The summed E-state index contributed by atoms with van der Waals surface area (Å²) in [6.45, 7) is -0.351. The quantitative estimate of drug-likeness (QED) is 0.874. The summed E-state index contributed by atoms with van der Waals surface area (Å²) in [6, 6.07) is 5.47. The van der Waals surface area contributed by atoms with Crippen LogP contribution in [0, 0.1) is 11.6 Å². The number of aromatic nitrogens is 1. The number of halogens is 2. The number of nitrogens with zero attached hydrogens (tertiary/aromatic N) is 1. The lowest BCUT2D eigenvalue weighted by Gasteiger charge is -2.13. The van der Waals surface area contributed by atoms with Gasteiger partial charge in [0.1, 0.15) is 22.6 Å². The highest BCUT2D eigenvalue weighted by Gasteiger charge is 2.21. The van der Waals surface area contributed by atoms with E-state index >= 15 is 0 Å². The van der Waals surface area contributed by atoms with Crippen LogP contribution in [-0.2, 0) is 17.1 Å². The van der Waals surface area contributed by atoms with Crippen molar-refractivity contribution in [3.63, 3.8) is 0 Å². The lowest BCUT2D eigenvalue weighted by atomic mass is 10.2. The van der Waals surface area contributed by atoms with Gasteiger partial charge in [-0.1, -0.05) is 0 Å². The van der Waals surface area contributed by atoms with Crippen molar-refractivity contribution in [2.45, 2.75) is 11.0 Å². The zero-order chi connectivity index (χ0) is 15.6. The van der Waals surface area contributed by atoms with Crippen LogP contribution < -0.4 is 4.72 Å². The van der Waals surface area contributed by atoms with Crippen LogP contribution >= 0.6 is 0 Å². The molecular weight excluding hydrogens is 302 g/mol. The Balaban J connectivity index is 2.15. The SMILES string of the molecule is Cn1cccc1C(O)CNS(=O)(=O)c1cc(F)ccc1F. The Hall–Kier alpha value is -1.77. The lowest BCUT2D eigenvalue weighted by molar-refractivity contribution is 0.173. The predicted molar refractivity (Wildman–Crippen MR) is 71.9 cm³/mol. The second-order valence-electron chi connectivity index (χ2n) is 4.49. The average molecular weight is 316 g/mol. The minimum atomic E-state index is -4.25. The molecule has 0 spiro atoms. The van der Waals surface area contributed by atoms with Crippen molar-refractivity contribution in [1.82, 2.24) is 9.29 Å². The minimum absolute atomic E-state index is 0.351. The minimum Gasteiger partial charge on any atom is -0.386 e. The van der Waals surface area contributed by atoms with Gasteiger partial charge in [0, 0.05) is 25.5 Å². The van der Waals surface area contributed by atoms with E-state index in [-0.39, 0.29) is 6.54 Å². The van der Waals surface area contributed by atoms with Gasteiger partial charge in [0.2, 0.25) is 10.0 Å². The third-order valence-electron chi connectivity index (χ3n) is 2.97. The molecule has 1 atom stereocenters. The Morgan fingerprint density at radius 1 is 1.33 bits per heavy atom. The van der Waals surface area contributed by atoms with Crippen LogP contribution in [0.25, 0.3) is 0 Å². The Morgan fingerprint density at radius 2 is 2.05 bits per heavy atom. The molecule has 0 amide bonds. The van der Waals surface area contributed by atoms with Gasteiger partial charge in [-0.2, -0.15) is 0 Å². The van der Waals surface area contributed by atoms with Crippen LogP contribution in [-0.4, -0.2) is 24.6 Å². The molecule has 5 nitrogen and oxygen atoms in total. The molecule has 1 aromatic carbocycles. The van der Waals surface area contributed by atoms with Gasteiger partial charge in [-0.25, -0.2) is 21.9 Å². The van der Waals surface area contributed by atoms with E-state index in [4.69, 9.17) is 0 Å². The van der Waals surface area contributed by atoms with Crippen LogP contribution in [0.2, 0.25) is 0 Å². The van der Waals surface area contributed by atoms with E-state index in [1.54, 1.807) is 29.9 Å². The number of hydrogen-bond donors (Lipinski definition) is 2. The summed E-state index contributed by atoms with van der Waals surface area (Å²) in [5, 5.41) is 9.91. The second kappa shape index (κ2) is 5.92. The Morgan fingerprint density at radius 3 is 2.67 bits per heavy atom. The van der Waals surface area contributed by atoms with Crippen LogP contribution in [0.5, 0.6) is 0 Å². The molecule has 2 N–H and O–H groups in total. The Kier molecular flexibility index (Phi) is 4.40. The second-order valence-corrected chi connectivity index (χ2v) is 6.22. The highest BCUT2D eigenvalue weighted by Crippen LogP contribution is 2.17. The number of nitrogens with one attached hydrogen (secondary N) is 1. The zero-order valence-corrected chi connectivity index (χ0v) is 11.9. The van der Waals surface area contributed by atoms with Gasteiger partial charge >= 0.3 is 0 Å². The van der Waals surface area contributed by atoms with E-state index in [0.29, 0.717) is 11.8 Å². The fraction of sp³-hybridized carbons (Fsp3) is 0.231. The van der Waals surface area contributed by atoms with Gasteiger partial charge in [0.05, 0.1) is 0 Å². The van der Waals surface area contributed by atoms with Gasteiger partial charge in [-0.3, -0.25) is 0 Å². The highest BCUT2D eigenvalue weighted by atomic mass is 32.2. The maximum Gasteiger partial charge on any atom is 0.243 e. The fourth-order valence-electron chi connectivity index (χ4n) is 1.87. The number of hydrogen-bond acceptors (Lipinski definition) is 3. The van der Waals surface area contributed by atoms with Gasteiger partial charge in [0.15, 0.2) is 0 Å². The summed E-state index contributed by atoms with van der Waals surface area (Å²) in [4.78, 5) is -0.790. The maximum atomic E-state index is 13.5.